The van der Waals surface area contributed by atoms with Gasteiger partial charge in [0.2, 0.25) is 0 Å². The number of nitrogens with zero attached hydrogens (tertiary/aromatic N) is 1. The number of hydrogen-bond acceptors (Lipinski definition) is 4. The lowest BCUT2D eigenvalue weighted by atomic mass is 10.2. The fourth-order valence-corrected chi connectivity index (χ4v) is 4.08. The first-order chi connectivity index (χ1) is 12.3. The van der Waals surface area contributed by atoms with E-state index in [1.165, 1.54) is 12.1 Å². The summed E-state index contributed by atoms with van der Waals surface area (Å²) in [5.74, 6) is -0.194. The molecule has 1 aliphatic rings. The first-order valence-corrected chi connectivity index (χ1v) is 10.4. The van der Waals surface area contributed by atoms with Gasteiger partial charge in [0, 0.05) is 28.8 Å². The molecule has 138 valence electrons. The Kier molecular flexibility index (Phi) is 5.64. The predicted octanol–water partition coefficient (Wildman–Crippen LogP) is 3.11. The molecule has 1 N–H and O–H groups in total. The summed E-state index contributed by atoms with van der Waals surface area (Å²) in [6.07, 6.45) is -0.0290. The van der Waals surface area contributed by atoms with Crippen LogP contribution in [0.25, 0.3) is 0 Å². The molecule has 26 heavy (non-hydrogen) atoms. The number of morpholine rings is 1. The summed E-state index contributed by atoms with van der Waals surface area (Å²) < 4.78 is 34.1. The summed E-state index contributed by atoms with van der Waals surface area (Å²) in [4.78, 5) is 14.4. The number of anilines is 1. The SMILES string of the molecule is CC1CN(C(=O)c2cccc(S(=O)(=O)Nc3ccc(Br)cc3)c2)CCO1. The van der Waals surface area contributed by atoms with Crippen LogP contribution in [-0.2, 0) is 14.8 Å². The van der Waals surface area contributed by atoms with E-state index in [4.69, 9.17) is 4.74 Å². The van der Waals surface area contributed by atoms with E-state index < -0.39 is 10.0 Å². The second kappa shape index (κ2) is 7.77. The first-order valence-electron chi connectivity index (χ1n) is 8.14. The topological polar surface area (TPSA) is 75.7 Å². The maximum Gasteiger partial charge on any atom is 0.261 e. The molecule has 3 rings (SSSR count). The molecule has 8 heteroatoms. The van der Waals surface area contributed by atoms with Gasteiger partial charge >= 0.3 is 0 Å². The average molecular weight is 439 g/mol. The quantitative estimate of drug-likeness (QED) is 0.795. The van der Waals surface area contributed by atoms with Gasteiger partial charge in [0.15, 0.2) is 0 Å². The molecule has 1 unspecified atom stereocenters. The van der Waals surface area contributed by atoms with E-state index in [0.29, 0.717) is 30.9 Å². The normalized spacial score (nSPS) is 17.8. The van der Waals surface area contributed by atoms with Crippen LogP contribution in [0.1, 0.15) is 17.3 Å². The minimum atomic E-state index is -3.78. The molecule has 2 aromatic rings. The van der Waals surface area contributed by atoms with Crippen molar-refractivity contribution < 1.29 is 17.9 Å². The van der Waals surface area contributed by atoms with Gasteiger partial charge in [-0.3, -0.25) is 9.52 Å². The summed E-state index contributed by atoms with van der Waals surface area (Å²) in [5.41, 5.74) is 0.796. The van der Waals surface area contributed by atoms with Crippen molar-refractivity contribution in [1.29, 1.82) is 0 Å². The number of benzene rings is 2. The lowest BCUT2D eigenvalue weighted by Crippen LogP contribution is -2.44. The standard InChI is InChI=1S/C18H19BrN2O4S/c1-13-12-21(9-10-25-13)18(22)14-3-2-4-17(11-14)26(23,24)20-16-7-5-15(19)6-8-16/h2-8,11,13,20H,9-10,12H2,1H3. The third-order valence-electron chi connectivity index (χ3n) is 4.02. The van der Waals surface area contributed by atoms with E-state index in [9.17, 15) is 13.2 Å². The van der Waals surface area contributed by atoms with Crippen LogP contribution >= 0.6 is 15.9 Å². The molecule has 6 nitrogen and oxygen atoms in total. The molecule has 0 aliphatic carbocycles. The molecule has 2 aromatic carbocycles. The van der Waals surface area contributed by atoms with Crippen LogP contribution < -0.4 is 4.72 Å². The van der Waals surface area contributed by atoms with Crippen LogP contribution in [0.2, 0.25) is 0 Å². The molecule has 1 heterocycles. The molecule has 0 saturated carbocycles. The van der Waals surface area contributed by atoms with Gasteiger partial charge in [0.25, 0.3) is 15.9 Å². The smallest absolute Gasteiger partial charge is 0.261 e. The molecule has 0 bridgehead atoms. The Morgan fingerprint density at radius 3 is 2.65 bits per heavy atom. The summed E-state index contributed by atoms with van der Waals surface area (Å²) in [5, 5.41) is 0. The number of nitrogens with one attached hydrogen (secondary N) is 1. The second-order valence-corrected chi connectivity index (χ2v) is 8.67. The van der Waals surface area contributed by atoms with Crippen molar-refractivity contribution in [2.45, 2.75) is 17.9 Å². The average Bonchev–Trinajstić information content (AvgIpc) is 2.63. The Balaban J connectivity index is 1.81. The van der Waals surface area contributed by atoms with Gasteiger partial charge < -0.3 is 9.64 Å². The third kappa shape index (κ3) is 4.44. The van der Waals surface area contributed by atoms with Crippen LogP contribution in [-0.4, -0.2) is 45.0 Å². The maximum atomic E-state index is 12.7. The van der Waals surface area contributed by atoms with Gasteiger partial charge in [-0.2, -0.15) is 0 Å². The van der Waals surface area contributed by atoms with Crippen LogP contribution in [0.5, 0.6) is 0 Å². The fraction of sp³-hybridized carbons (Fsp3) is 0.278. The van der Waals surface area contributed by atoms with Gasteiger partial charge in [0.1, 0.15) is 0 Å². The van der Waals surface area contributed by atoms with E-state index in [0.717, 1.165) is 4.47 Å². The summed E-state index contributed by atoms with van der Waals surface area (Å²) in [7, 11) is -3.78. The van der Waals surface area contributed by atoms with E-state index in [-0.39, 0.29) is 16.9 Å². The number of sulfonamides is 1. The largest absolute Gasteiger partial charge is 0.375 e. The highest BCUT2D eigenvalue weighted by atomic mass is 79.9. The lowest BCUT2D eigenvalue weighted by Gasteiger charge is -2.31. The molecule has 1 fully saturated rings. The third-order valence-corrected chi connectivity index (χ3v) is 5.92. The van der Waals surface area contributed by atoms with Crippen molar-refractivity contribution in [3.63, 3.8) is 0 Å². The van der Waals surface area contributed by atoms with Gasteiger partial charge in [-0.1, -0.05) is 22.0 Å². The Labute approximate surface area is 161 Å². The van der Waals surface area contributed by atoms with E-state index in [1.807, 2.05) is 6.92 Å². The molecule has 0 spiro atoms. The maximum absolute atomic E-state index is 12.7. The first kappa shape index (κ1) is 18.9. The number of amides is 1. The number of halogens is 1. The highest BCUT2D eigenvalue weighted by molar-refractivity contribution is 9.10. The van der Waals surface area contributed by atoms with Gasteiger partial charge in [-0.05, 0) is 49.4 Å². The molecule has 1 amide bonds. The molecule has 0 radical (unpaired) electrons. The zero-order valence-corrected chi connectivity index (χ0v) is 16.6. The van der Waals surface area contributed by atoms with Crippen LogP contribution in [0.4, 0.5) is 5.69 Å². The monoisotopic (exact) mass is 438 g/mol. The summed E-state index contributed by atoms with van der Waals surface area (Å²) in [6.45, 7) is 3.38. The summed E-state index contributed by atoms with van der Waals surface area (Å²) >= 11 is 3.31. The summed E-state index contributed by atoms with van der Waals surface area (Å²) in [6, 6.07) is 12.9. The van der Waals surface area contributed by atoms with Crippen LogP contribution in [0, 0.1) is 0 Å². The zero-order valence-electron chi connectivity index (χ0n) is 14.2. The molecular formula is C18H19BrN2O4S. The molecule has 0 aromatic heterocycles. The Morgan fingerprint density at radius 1 is 1.23 bits per heavy atom. The highest BCUT2D eigenvalue weighted by Crippen LogP contribution is 2.20. The molecular weight excluding hydrogens is 420 g/mol. The van der Waals surface area contributed by atoms with Gasteiger partial charge in [0.05, 0.1) is 17.6 Å². The number of carbonyl (C=O) groups is 1. The number of carbonyl (C=O) groups excluding carboxylic acids is 1. The second-order valence-electron chi connectivity index (χ2n) is 6.07. The van der Waals surface area contributed by atoms with Crippen molar-refractivity contribution >= 4 is 37.5 Å². The number of rotatable bonds is 4. The lowest BCUT2D eigenvalue weighted by molar-refractivity contribution is -0.0124. The van der Waals surface area contributed by atoms with Gasteiger partial charge in [-0.25, -0.2) is 8.42 Å². The van der Waals surface area contributed by atoms with Crippen LogP contribution in [0.15, 0.2) is 57.9 Å². The van der Waals surface area contributed by atoms with Crippen molar-refractivity contribution in [3.05, 3.63) is 58.6 Å². The van der Waals surface area contributed by atoms with Crippen molar-refractivity contribution in [3.8, 4) is 0 Å². The van der Waals surface area contributed by atoms with Crippen molar-refractivity contribution in [2.24, 2.45) is 0 Å². The highest BCUT2D eigenvalue weighted by Gasteiger charge is 2.24. The molecule has 1 aliphatic heterocycles. The minimum absolute atomic E-state index is 0.0290. The minimum Gasteiger partial charge on any atom is -0.375 e. The predicted molar refractivity (Wildman–Crippen MR) is 103 cm³/mol. The molecule has 1 atom stereocenters. The zero-order chi connectivity index (χ0) is 18.7. The van der Waals surface area contributed by atoms with Crippen molar-refractivity contribution in [2.75, 3.05) is 24.4 Å². The van der Waals surface area contributed by atoms with Gasteiger partial charge in [-0.15, -0.1) is 0 Å². The fourth-order valence-electron chi connectivity index (χ4n) is 2.71. The number of hydrogen-bond donors (Lipinski definition) is 1. The van der Waals surface area contributed by atoms with E-state index in [1.54, 1.807) is 41.3 Å². The molecule has 1 saturated heterocycles. The Hall–Kier alpha value is -1.90. The van der Waals surface area contributed by atoms with Crippen molar-refractivity contribution in [1.82, 2.24) is 4.90 Å². The Bertz CT molecular complexity index is 900. The van der Waals surface area contributed by atoms with E-state index in [2.05, 4.69) is 20.7 Å². The van der Waals surface area contributed by atoms with E-state index >= 15 is 0 Å². The van der Waals surface area contributed by atoms with Crippen LogP contribution in [0.3, 0.4) is 0 Å². The Morgan fingerprint density at radius 2 is 1.96 bits per heavy atom. The number of ether oxygens (including phenoxy) is 1.